The van der Waals surface area contributed by atoms with E-state index in [4.69, 9.17) is 5.41 Å². The second-order valence-electron chi connectivity index (χ2n) is 1.83. The van der Waals surface area contributed by atoms with E-state index in [2.05, 4.69) is 5.73 Å². The summed E-state index contributed by atoms with van der Waals surface area (Å²) in [5.41, 5.74) is 2.62. The van der Waals surface area contributed by atoms with Crippen LogP contribution in [0.4, 0.5) is 0 Å². The molecule has 0 aromatic carbocycles. The molecule has 0 amide bonds. The van der Waals surface area contributed by atoms with E-state index in [-0.39, 0.29) is 42.2 Å². The van der Waals surface area contributed by atoms with Crippen LogP contribution >= 0.6 is 0 Å². The van der Waals surface area contributed by atoms with E-state index >= 15 is 0 Å². The Morgan fingerprint density at radius 2 is 2.15 bits per heavy atom. The number of rotatable bonds is 1. The van der Waals surface area contributed by atoms with Crippen LogP contribution in [-0.2, 0) is 19.5 Å². The fourth-order valence-electron chi connectivity index (χ4n) is 0.600. The predicted octanol–water partition coefficient (Wildman–Crippen LogP) is -2.73. The van der Waals surface area contributed by atoms with Gasteiger partial charge in [-0.3, -0.25) is 10.1 Å². The Morgan fingerprint density at radius 1 is 1.54 bits per heavy atom. The smallest absolute Gasteiger partial charge is 0.311 e. The third kappa shape index (κ3) is 4.11. The van der Waals surface area contributed by atoms with Gasteiger partial charge in [0, 0.05) is 43.1 Å². The SMILES string of the molecule is [Br-].[N]=C=C1C=C=C([N+](=O)[O-])C=C1.[Zn]. The van der Waals surface area contributed by atoms with Gasteiger partial charge in [0.15, 0.2) is 0 Å². The first-order valence-electron chi connectivity index (χ1n) is 2.80. The Balaban J connectivity index is 0. The van der Waals surface area contributed by atoms with E-state index in [9.17, 15) is 10.1 Å². The second kappa shape index (κ2) is 6.70. The van der Waals surface area contributed by atoms with Gasteiger partial charge < -0.3 is 17.0 Å². The third-order valence-electron chi connectivity index (χ3n) is 1.12. The molecule has 63 valence electrons. The molecule has 1 aliphatic rings. The molecule has 0 saturated heterocycles. The first-order chi connectivity index (χ1) is 5.24. The van der Waals surface area contributed by atoms with Crippen molar-refractivity contribution in [3.05, 3.63) is 45.3 Å². The summed E-state index contributed by atoms with van der Waals surface area (Å²) in [5, 5.41) is 18.4. The van der Waals surface area contributed by atoms with Gasteiger partial charge in [0.25, 0.3) is 0 Å². The van der Waals surface area contributed by atoms with Gasteiger partial charge in [-0.05, 0) is 11.8 Å². The van der Waals surface area contributed by atoms with Gasteiger partial charge in [0.05, 0.1) is 4.92 Å². The van der Waals surface area contributed by atoms with Gasteiger partial charge in [-0.15, -0.1) is 0 Å². The van der Waals surface area contributed by atoms with Crippen LogP contribution in [0, 0.1) is 10.1 Å². The van der Waals surface area contributed by atoms with E-state index in [0.717, 1.165) is 0 Å². The van der Waals surface area contributed by atoms with Gasteiger partial charge in [-0.2, -0.15) is 0 Å². The Kier molecular flexibility index (Phi) is 7.59. The summed E-state index contributed by atoms with van der Waals surface area (Å²) in [4.78, 5) is 9.54. The summed E-state index contributed by atoms with van der Waals surface area (Å²) in [6, 6.07) is 0. The molecule has 0 aromatic rings. The maximum Gasteiger partial charge on any atom is 0.311 e. The normalized spacial score (nSPS) is 12.0. The molecule has 1 aliphatic carbocycles. The quantitative estimate of drug-likeness (QED) is 0.173. The van der Waals surface area contributed by atoms with Crippen molar-refractivity contribution in [2.45, 2.75) is 0 Å². The Labute approximate surface area is 97.9 Å². The van der Waals surface area contributed by atoms with Gasteiger partial charge >= 0.3 is 5.70 Å². The van der Waals surface area contributed by atoms with E-state index in [1.165, 1.54) is 18.2 Å². The minimum absolute atomic E-state index is 0. The van der Waals surface area contributed by atoms with Crippen LogP contribution in [0.1, 0.15) is 0 Å². The largest absolute Gasteiger partial charge is 1.00 e. The molecule has 1 radical (unpaired) electrons. The van der Waals surface area contributed by atoms with E-state index < -0.39 is 4.92 Å². The zero-order chi connectivity index (χ0) is 8.27. The second-order valence-corrected chi connectivity index (χ2v) is 1.83. The molecule has 0 bridgehead atoms. The van der Waals surface area contributed by atoms with E-state index in [1.807, 2.05) is 5.87 Å². The number of hydrogen-bond acceptors (Lipinski definition) is 2. The summed E-state index contributed by atoms with van der Waals surface area (Å²) in [7, 11) is 0. The topological polar surface area (TPSA) is 65.4 Å². The summed E-state index contributed by atoms with van der Waals surface area (Å²) >= 11 is 0. The van der Waals surface area contributed by atoms with Gasteiger partial charge in [0.2, 0.25) is 0 Å². The average molecular weight is 292 g/mol. The molecule has 0 spiro atoms. The van der Waals surface area contributed by atoms with Gasteiger partial charge in [-0.1, -0.05) is 5.41 Å². The monoisotopic (exact) mass is 290 g/mol. The van der Waals surface area contributed by atoms with E-state index in [0.29, 0.717) is 5.57 Å². The zero-order valence-electron chi connectivity index (χ0n) is 6.53. The standard InChI is InChI=1S/C7H3N2O2.BrH.Zn/c8-5-6-1-3-7(4-2-6)9(10)11;;/h1-3H;1H;/p-1. The predicted molar refractivity (Wildman–Crippen MR) is 38.4 cm³/mol. The Bertz CT molecular complexity index is 350. The van der Waals surface area contributed by atoms with Crippen molar-refractivity contribution in [3.63, 3.8) is 0 Å². The van der Waals surface area contributed by atoms with E-state index in [1.54, 1.807) is 0 Å². The molecular formula is C7H3BrN2O2Zn-. The molecular weight excluding hydrogens is 289 g/mol. The minimum atomic E-state index is -0.554. The van der Waals surface area contributed by atoms with Crippen molar-refractivity contribution in [2.24, 2.45) is 0 Å². The molecule has 0 aromatic heterocycles. The van der Waals surface area contributed by atoms with Gasteiger partial charge in [0.1, 0.15) is 0 Å². The Hall–Kier alpha value is -0.787. The molecule has 6 heteroatoms. The number of nitro groups is 1. The summed E-state index contributed by atoms with van der Waals surface area (Å²) in [6.45, 7) is 0. The molecule has 0 N–H and O–H groups in total. The Morgan fingerprint density at radius 3 is 2.46 bits per heavy atom. The number of hydrogen-bond donors (Lipinski definition) is 0. The molecule has 0 atom stereocenters. The van der Waals surface area contributed by atoms with Crippen molar-refractivity contribution < 1.29 is 41.4 Å². The number of nitrogens with zero attached hydrogens (tertiary/aromatic N) is 2. The van der Waals surface area contributed by atoms with Crippen molar-refractivity contribution in [1.29, 1.82) is 0 Å². The van der Waals surface area contributed by atoms with Crippen molar-refractivity contribution in [3.8, 4) is 0 Å². The molecule has 4 nitrogen and oxygen atoms in total. The number of halogens is 1. The van der Waals surface area contributed by atoms with Crippen LogP contribution in [0.25, 0.3) is 0 Å². The molecule has 1 rings (SSSR count). The fourth-order valence-corrected chi connectivity index (χ4v) is 0.600. The van der Waals surface area contributed by atoms with Crippen molar-refractivity contribution in [1.82, 2.24) is 5.41 Å². The summed E-state index contributed by atoms with van der Waals surface area (Å²) < 4.78 is 0. The minimum Gasteiger partial charge on any atom is -1.00 e. The molecule has 0 unspecified atom stereocenters. The van der Waals surface area contributed by atoms with Crippen LogP contribution < -0.4 is 22.4 Å². The molecule has 0 heterocycles. The van der Waals surface area contributed by atoms with Crippen molar-refractivity contribution >= 4 is 5.87 Å². The zero-order valence-corrected chi connectivity index (χ0v) is 11.1. The van der Waals surface area contributed by atoms with Crippen LogP contribution in [0.5, 0.6) is 0 Å². The van der Waals surface area contributed by atoms with Crippen LogP contribution in [0.2, 0.25) is 0 Å². The molecule has 0 fully saturated rings. The summed E-state index contributed by atoms with van der Waals surface area (Å²) in [6.07, 6.45) is 3.92. The number of allylic oxidation sites excluding steroid dienone is 3. The third-order valence-corrected chi connectivity index (χ3v) is 1.12. The first-order valence-corrected chi connectivity index (χ1v) is 2.80. The molecule has 0 aliphatic heterocycles. The van der Waals surface area contributed by atoms with Crippen LogP contribution in [-0.4, -0.2) is 10.8 Å². The van der Waals surface area contributed by atoms with Crippen LogP contribution in [0.15, 0.2) is 35.2 Å². The van der Waals surface area contributed by atoms with Crippen LogP contribution in [0.3, 0.4) is 0 Å². The molecule has 13 heavy (non-hydrogen) atoms. The molecule has 0 saturated carbocycles. The van der Waals surface area contributed by atoms with Crippen molar-refractivity contribution in [2.75, 3.05) is 0 Å². The maximum absolute atomic E-state index is 10.1. The fraction of sp³-hybridized carbons (Fsp3) is 0. The summed E-state index contributed by atoms with van der Waals surface area (Å²) in [5.74, 6) is 1.84. The first kappa shape index (κ1) is 14.7. The maximum atomic E-state index is 10.1. The van der Waals surface area contributed by atoms with Gasteiger partial charge in [-0.25, -0.2) is 0 Å². The average Bonchev–Trinajstić information content (AvgIpc) is 2.05.